The van der Waals surface area contributed by atoms with Crippen LogP contribution >= 0.6 is 0 Å². The molecule has 4 aromatic rings. The summed E-state index contributed by atoms with van der Waals surface area (Å²) in [7, 11) is 0. The Morgan fingerprint density at radius 2 is 1.78 bits per heavy atom. The largest absolute Gasteiger partial charge is 0.416 e. The van der Waals surface area contributed by atoms with Crippen molar-refractivity contribution in [2.45, 2.75) is 19.1 Å². The molecular weight excluding hydrogens is 419 g/mol. The van der Waals surface area contributed by atoms with Gasteiger partial charge in [-0.2, -0.15) is 17.6 Å². The molecule has 0 N–H and O–H groups in total. The lowest BCUT2D eigenvalue weighted by molar-refractivity contribution is -0.531. The van der Waals surface area contributed by atoms with Gasteiger partial charge in [-0.1, -0.05) is 41.6 Å². The minimum absolute atomic E-state index is 0.178. The number of rotatable bonds is 6. The molecule has 162 valence electrons. The molecule has 0 atom stereocenters. The van der Waals surface area contributed by atoms with Crippen molar-refractivity contribution in [3.8, 4) is 16.9 Å². The standard InChI is InChI=1S/C24H19F3N3O2/c25-24(26,27)19-9-6-8-18(16-19)21-17-29(22-12-4-5-15-30(22)23(21)31)14-7-13-28-32-20-10-2-1-3-11-20/h1-6,8-13,15-17H,7,14H2/q+1/b28-13-. The number of halogens is 3. The lowest BCUT2D eigenvalue weighted by atomic mass is 10.1. The molecule has 0 aliphatic carbocycles. The minimum atomic E-state index is -4.49. The van der Waals surface area contributed by atoms with Crippen LogP contribution in [0.2, 0.25) is 0 Å². The molecule has 0 fully saturated rings. The van der Waals surface area contributed by atoms with E-state index in [1.807, 2.05) is 22.8 Å². The maximum Gasteiger partial charge on any atom is 0.416 e. The Balaban J connectivity index is 1.64. The van der Waals surface area contributed by atoms with E-state index in [-0.39, 0.29) is 11.1 Å². The van der Waals surface area contributed by atoms with E-state index in [9.17, 15) is 18.0 Å². The lowest BCUT2D eigenvalue weighted by Gasteiger charge is -2.09. The summed E-state index contributed by atoms with van der Waals surface area (Å²) in [5.41, 5.74) is -0.192. The van der Waals surface area contributed by atoms with E-state index in [2.05, 4.69) is 5.16 Å². The molecule has 2 aromatic carbocycles. The van der Waals surface area contributed by atoms with Crippen molar-refractivity contribution in [3.63, 3.8) is 0 Å². The second-order valence-corrected chi connectivity index (χ2v) is 7.03. The number of para-hydroxylation sites is 1. The van der Waals surface area contributed by atoms with E-state index in [1.54, 1.807) is 48.9 Å². The van der Waals surface area contributed by atoms with Gasteiger partial charge in [0.2, 0.25) is 0 Å². The van der Waals surface area contributed by atoms with Crippen molar-refractivity contribution in [2.24, 2.45) is 5.16 Å². The smallest absolute Gasteiger partial charge is 0.357 e. The number of pyridine rings is 1. The van der Waals surface area contributed by atoms with Gasteiger partial charge in [0.25, 0.3) is 5.65 Å². The van der Waals surface area contributed by atoms with Gasteiger partial charge in [-0.15, -0.1) is 0 Å². The first-order valence-corrected chi connectivity index (χ1v) is 9.89. The second-order valence-electron chi connectivity index (χ2n) is 7.03. The number of fused-ring (bicyclic) bond motifs is 1. The molecule has 5 nitrogen and oxygen atoms in total. The summed E-state index contributed by atoms with van der Waals surface area (Å²) in [5, 5.41) is 3.94. The van der Waals surface area contributed by atoms with E-state index in [0.717, 1.165) is 12.1 Å². The van der Waals surface area contributed by atoms with Crippen molar-refractivity contribution in [1.29, 1.82) is 0 Å². The molecule has 32 heavy (non-hydrogen) atoms. The summed E-state index contributed by atoms with van der Waals surface area (Å²) in [6.07, 6.45) is 0.780. The van der Waals surface area contributed by atoms with Crippen LogP contribution in [-0.4, -0.2) is 10.8 Å². The highest BCUT2D eigenvalue weighted by atomic mass is 19.4. The van der Waals surface area contributed by atoms with Gasteiger partial charge in [0, 0.05) is 18.7 Å². The van der Waals surface area contributed by atoms with Gasteiger partial charge in [-0.3, -0.25) is 0 Å². The molecule has 0 unspecified atom stereocenters. The van der Waals surface area contributed by atoms with Crippen LogP contribution in [0, 0.1) is 0 Å². The van der Waals surface area contributed by atoms with Crippen molar-refractivity contribution in [3.05, 3.63) is 101 Å². The van der Waals surface area contributed by atoms with Crippen LogP contribution in [0.1, 0.15) is 12.0 Å². The third kappa shape index (κ3) is 4.69. The predicted molar refractivity (Wildman–Crippen MR) is 114 cm³/mol. The topological polar surface area (TPSA) is 47.7 Å². The summed E-state index contributed by atoms with van der Waals surface area (Å²) in [5.74, 6) is 0.611. The fraction of sp³-hybridized carbons (Fsp3) is 0.125. The highest BCUT2D eigenvalue weighted by Gasteiger charge is 2.31. The Morgan fingerprint density at radius 1 is 1.00 bits per heavy atom. The summed E-state index contributed by atoms with van der Waals surface area (Å²) >= 11 is 0. The van der Waals surface area contributed by atoms with Crippen LogP contribution in [0.15, 0.2) is 95.1 Å². The van der Waals surface area contributed by atoms with Crippen molar-refractivity contribution in [1.82, 2.24) is 4.57 Å². The Hall–Kier alpha value is -3.94. The Kier molecular flexibility index (Phi) is 6.02. The van der Waals surface area contributed by atoms with Gasteiger partial charge in [-0.05, 0) is 35.9 Å². The summed E-state index contributed by atoms with van der Waals surface area (Å²) in [6.45, 7) is 0.446. The minimum Gasteiger partial charge on any atom is -0.357 e. The fourth-order valence-electron chi connectivity index (χ4n) is 3.32. The number of hydrogen-bond donors (Lipinski definition) is 0. The maximum atomic E-state index is 13.2. The number of nitrogens with zero attached hydrogens (tertiary/aromatic N) is 3. The molecule has 0 saturated heterocycles. The van der Waals surface area contributed by atoms with Crippen LogP contribution in [0.3, 0.4) is 0 Å². The Labute approximate surface area is 181 Å². The third-order valence-electron chi connectivity index (χ3n) is 4.84. The zero-order valence-electron chi connectivity index (χ0n) is 16.9. The molecule has 0 aliphatic rings. The average molecular weight is 438 g/mol. The van der Waals surface area contributed by atoms with Gasteiger partial charge in [0.05, 0.1) is 18.3 Å². The molecule has 2 heterocycles. The van der Waals surface area contributed by atoms with Gasteiger partial charge in [0.1, 0.15) is 11.8 Å². The summed E-state index contributed by atoms with van der Waals surface area (Å²) < 4.78 is 42.7. The molecule has 0 amide bonds. The van der Waals surface area contributed by atoms with Gasteiger partial charge in [-0.25, -0.2) is 9.36 Å². The molecule has 4 rings (SSSR count). The van der Waals surface area contributed by atoms with E-state index >= 15 is 0 Å². The second kappa shape index (κ2) is 9.05. The number of alkyl halides is 3. The average Bonchev–Trinajstić information content (AvgIpc) is 2.80. The lowest BCUT2D eigenvalue weighted by Crippen LogP contribution is -2.43. The summed E-state index contributed by atoms with van der Waals surface area (Å²) in [4.78, 5) is 18.3. The highest BCUT2D eigenvalue weighted by Crippen LogP contribution is 2.31. The number of hydrogen-bond acceptors (Lipinski definition) is 3. The van der Waals surface area contributed by atoms with Crippen LogP contribution in [0.25, 0.3) is 16.8 Å². The van der Waals surface area contributed by atoms with E-state index in [1.165, 1.54) is 16.5 Å². The van der Waals surface area contributed by atoms with Crippen molar-refractivity contribution in [2.75, 3.05) is 0 Å². The Bertz CT molecular complexity index is 1320. The number of aromatic nitrogens is 2. The van der Waals surface area contributed by atoms with E-state index < -0.39 is 17.3 Å². The Morgan fingerprint density at radius 3 is 2.56 bits per heavy atom. The third-order valence-corrected chi connectivity index (χ3v) is 4.84. The molecule has 2 aromatic heterocycles. The van der Waals surface area contributed by atoms with Gasteiger partial charge < -0.3 is 4.84 Å². The van der Waals surface area contributed by atoms with Crippen LogP contribution in [0.5, 0.6) is 5.75 Å². The zero-order chi connectivity index (χ0) is 22.6. The fourth-order valence-corrected chi connectivity index (χ4v) is 3.32. The normalized spacial score (nSPS) is 11.8. The van der Waals surface area contributed by atoms with Crippen molar-refractivity contribution >= 4 is 11.9 Å². The van der Waals surface area contributed by atoms with E-state index in [4.69, 9.17) is 4.84 Å². The molecular formula is C24H19F3N3O2+. The number of benzene rings is 2. The number of oxime groups is 1. The highest BCUT2D eigenvalue weighted by molar-refractivity contribution is 5.63. The molecule has 0 aliphatic heterocycles. The molecule has 0 bridgehead atoms. The van der Waals surface area contributed by atoms with Crippen LogP contribution in [0.4, 0.5) is 13.2 Å². The predicted octanol–water partition coefficient (Wildman–Crippen LogP) is 4.73. The van der Waals surface area contributed by atoms with Gasteiger partial charge in [0.15, 0.2) is 5.75 Å². The van der Waals surface area contributed by atoms with Crippen LogP contribution in [-0.2, 0) is 12.7 Å². The monoisotopic (exact) mass is 438 g/mol. The van der Waals surface area contributed by atoms with Crippen molar-refractivity contribution < 1.29 is 22.4 Å². The molecule has 8 heteroatoms. The maximum absolute atomic E-state index is 13.2. The first-order valence-electron chi connectivity index (χ1n) is 9.89. The molecule has 0 spiro atoms. The first kappa shape index (κ1) is 21.3. The zero-order valence-corrected chi connectivity index (χ0v) is 16.9. The SMILES string of the molecule is O=c1c(-c2cccc(C(F)(F)F)c2)cn(CC/C=N\Oc2ccccc2)c2cccc[n+]12. The summed E-state index contributed by atoms with van der Waals surface area (Å²) in [6, 6.07) is 19.2. The number of aryl methyl sites for hydroxylation is 1. The van der Waals surface area contributed by atoms with E-state index in [0.29, 0.717) is 24.4 Å². The van der Waals surface area contributed by atoms with Gasteiger partial charge >= 0.3 is 11.7 Å². The molecule has 0 radical (unpaired) electrons. The quantitative estimate of drug-likeness (QED) is 0.248. The molecule has 0 saturated carbocycles. The van der Waals surface area contributed by atoms with Crippen LogP contribution < -0.4 is 14.8 Å². The first-order chi connectivity index (χ1) is 15.4.